The minimum absolute atomic E-state index is 0.896. The summed E-state index contributed by atoms with van der Waals surface area (Å²) in [6.07, 6.45) is 1.37. The summed E-state index contributed by atoms with van der Waals surface area (Å²) in [4.78, 5) is 0. The van der Waals surface area contributed by atoms with E-state index in [9.17, 15) is 0 Å². The molecular formula is C25H16N2O. The average Bonchev–Trinajstić information content (AvgIpc) is 3.29. The number of nitrogens with zero attached hydrogens (tertiary/aromatic N) is 1. The molecule has 132 valence electrons. The molecule has 0 saturated heterocycles. The quantitative estimate of drug-likeness (QED) is 0.344. The second-order valence-corrected chi connectivity index (χ2v) is 7.02. The third-order valence-corrected chi connectivity index (χ3v) is 5.49. The van der Waals surface area contributed by atoms with Gasteiger partial charge in [0.25, 0.3) is 0 Å². The number of furan rings is 1. The van der Waals surface area contributed by atoms with Crippen LogP contribution in [0.4, 0.5) is 0 Å². The van der Waals surface area contributed by atoms with Crippen molar-refractivity contribution in [1.82, 2.24) is 4.57 Å². The Morgan fingerprint density at radius 1 is 0.643 bits per heavy atom. The highest BCUT2D eigenvalue weighted by atomic mass is 16.3. The smallest absolute Gasteiger partial charge is 0.136 e. The van der Waals surface area contributed by atoms with Gasteiger partial charge in [0.05, 0.1) is 11.0 Å². The van der Waals surface area contributed by atoms with Gasteiger partial charge < -0.3 is 14.4 Å². The predicted octanol–water partition coefficient (Wildman–Crippen LogP) is 6.68. The highest BCUT2D eigenvalue weighted by Crippen LogP contribution is 2.40. The maximum Gasteiger partial charge on any atom is 0.136 e. The first-order chi connectivity index (χ1) is 13.8. The largest absolute Gasteiger partial charge is 0.456 e. The Labute approximate surface area is 160 Å². The molecule has 6 aromatic rings. The fraction of sp³-hybridized carbons (Fsp3) is 0. The Hall–Kier alpha value is -3.85. The fourth-order valence-electron chi connectivity index (χ4n) is 4.27. The molecule has 6 rings (SSSR count). The summed E-state index contributed by atoms with van der Waals surface area (Å²) in [6, 6.07) is 29.1. The molecular weight excluding hydrogens is 344 g/mol. The molecule has 0 amide bonds. The lowest BCUT2D eigenvalue weighted by Gasteiger charge is -2.08. The van der Waals surface area contributed by atoms with Crippen molar-refractivity contribution in [3.63, 3.8) is 0 Å². The van der Waals surface area contributed by atoms with Crippen LogP contribution in [0.25, 0.3) is 49.4 Å². The number of hydrogen-bond acceptors (Lipinski definition) is 2. The number of rotatable bonds is 2. The first kappa shape index (κ1) is 15.2. The van der Waals surface area contributed by atoms with Crippen LogP contribution >= 0.6 is 0 Å². The van der Waals surface area contributed by atoms with Gasteiger partial charge in [0.1, 0.15) is 11.2 Å². The third-order valence-electron chi connectivity index (χ3n) is 5.49. The molecule has 0 unspecified atom stereocenters. The summed E-state index contributed by atoms with van der Waals surface area (Å²) in [5.41, 5.74) is 6.13. The lowest BCUT2D eigenvalue weighted by atomic mass is 10.1. The van der Waals surface area contributed by atoms with Crippen molar-refractivity contribution in [2.75, 3.05) is 0 Å². The molecule has 0 saturated carbocycles. The van der Waals surface area contributed by atoms with Crippen LogP contribution in [0.3, 0.4) is 0 Å². The van der Waals surface area contributed by atoms with Crippen LogP contribution in [0.5, 0.6) is 0 Å². The van der Waals surface area contributed by atoms with Crippen molar-refractivity contribution in [3.8, 4) is 5.69 Å². The highest BCUT2D eigenvalue weighted by Gasteiger charge is 2.18. The van der Waals surface area contributed by atoms with Gasteiger partial charge in [-0.3, -0.25) is 0 Å². The molecule has 0 spiro atoms. The molecule has 0 radical (unpaired) electrons. The summed E-state index contributed by atoms with van der Waals surface area (Å²) < 4.78 is 8.41. The van der Waals surface area contributed by atoms with Gasteiger partial charge in [-0.25, -0.2) is 0 Å². The van der Waals surface area contributed by atoms with Crippen LogP contribution in [0.1, 0.15) is 5.56 Å². The molecule has 2 heterocycles. The maximum absolute atomic E-state index is 7.46. The van der Waals surface area contributed by atoms with Crippen LogP contribution < -0.4 is 0 Å². The van der Waals surface area contributed by atoms with Crippen molar-refractivity contribution in [1.29, 1.82) is 5.41 Å². The Morgan fingerprint density at radius 3 is 2.21 bits per heavy atom. The monoisotopic (exact) mass is 360 g/mol. The standard InChI is InChI=1S/C25H16N2O/c26-15-16-9-11-17(12-10-16)27-20-7-3-1-5-18(20)24-21(27)13-14-23-25(24)19-6-2-4-8-22(19)28-23/h1-15,26H. The molecule has 3 heteroatoms. The van der Waals surface area contributed by atoms with Crippen molar-refractivity contribution in [2.24, 2.45) is 0 Å². The van der Waals surface area contributed by atoms with E-state index in [0.29, 0.717) is 0 Å². The zero-order valence-corrected chi connectivity index (χ0v) is 15.0. The highest BCUT2D eigenvalue weighted by molar-refractivity contribution is 6.27. The van der Waals surface area contributed by atoms with E-state index in [1.54, 1.807) is 0 Å². The van der Waals surface area contributed by atoms with Gasteiger partial charge in [-0.2, -0.15) is 0 Å². The molecule has 0 aliphatic rings. The van der Waals surface area contributed by atoms with Crippen LogP contribution in [0.15, 0.2) is 89.3 Å². The second-order valence-electron chi connectivity index (χ2n) is 7.02. The molecule has 4 aromatic carbocycles. The fourth-order valence-corrected chi connectivity index (χ4v) is 4.27. The van der Waals surface area contributed by atoms with Gasteiger partial charge in [0, 0.05) is 33.4 Å². The van der Waals surface area contributed by atoms with Gasteiger partial charge in [-0.1, -0.05) is 48.5 Å². The molecule has 28 heavy (non-hydrogen) atoms. The molecule has 0 atom stereocenters. The zero-order chi connectivity index (χ0) is 18.7. The van der Waals surface area contributed by atoms with E-state index in [-0.39, 0.29) is 0 Å². The number of fused-ring (bicyclic) bond motifs is 7. The molecule has 2 aromatic heterocycles. The third kappa shape index (κ3) is 1.96. The van der Waals surface area contributed by atoms with Gasteiger partial charge in [0.15, 0.2) is 0 Å². The van der Waals surface area contributed by atoms with E-state index in [1.165, 1.54) is 22.4 Å². The van der Waals surface area contributed by atoms with E-state index in [4.69, 9.17) is 9.83 Å². The molecule has 3 nitrogen and oxygen atoms in total. The number of benzene rings is 4. The van der Waals surface area contributed by atoms with E-state index >= 15 is 0 Å². The summed E-state index contributed by atoms with van der Waals surface area (Å²) in [6.45, 7) is 0. The summed E-state index contributed by atoms with van der Waals surface area (Å²) >= 11 is 0. The predicted molar refractivity (Wildman–Crippen MR) is 116 cm³/mol. The summed E-state index contributed by atoms with van der Waals surface area (Å²) in [5.74, 6) is 0. The molecule has 0 fully saturated rings. The second kappa shape index (κ2) is 5.57. The average molecular weight is 360 g/mol. The SMILES string of the molecule is N=Cc1ccc(-n2c3ccccc3c3c4c(ccc32)oc2ccccc24)cc1. The Kier molecular flexibility index (Phi) is 3.03. The number of aromatic nitrogens is 1. The van der Waals surface area contributed by atoms with Crippen molar-refractivity contribution in [3.05, 3.63) is 90.5 Å². The van der Waals surface area contributed by atoms with Crippen LogP contribution in [-0.4, -0.2) is 10.8 Å². The lowest BCUT2D eigenvalue weighted by molar-refractivity contribution is 0.669. The summed E-state index contributed by atoms with van der Waals surface area (Å²) in [7, 11) is 0. The Bertz CT molecular complexity index is 1520. The number of hydrogen-bond donors (Lipinski definition) is 1. The van der Waals surface area contributed by atoms with Crippen molar-refractivity contribution >= 4 is 50.0 Å². The van der Waals surface area contributed by atoms with E-state index in [2.05, 4.69) is 65.2 Å². The molecule has 0 bridgehead atoms. The number of para-hydroxylation sites is 2. The lowest BCUT2D eigenvalue weighted by Crippen LogP contribution is -1.94. The summed E-state index contributed by atoms with van der Waals surface area (Å²) in [5, 5.41) is 12.2. The van der Waals surface area contributed by atoms with E-state index < -0.39 is 0 Å². The minimum atomic E-state index is 0.896. The maximum atomic E-state index is 7.46. The number of nitrogens with one attached hydrogen (secondary N) is 1. The Balaban J connectivity index is 1.83. The van der Waals surface area contributed by atoms with Crippen molar-refractivity contribution in [2.45, 2.75) is 0 Å². The first-order valence-corrected chi connectivity index (χ1v) is 9.29. The molecule has 1 N–H and O–H groups in total. The van der Waals surface area contributed by atoms with Crippen molar-refractivity contribution < 1.29 is 4.42 Å². The van der Waals surface area contributed by atoms with Crippen LogP contribution in [-0.2, 0) is 0 Å². The molecule has 0 aliphatic heterocycles. The minimum Gasteiger partial charge on any atom is -0.456 e. The van der Waals surface area contributed by atoms with Gasteiger partial charge in [-0.15, -0.1) is 0 Å². The van der Waals surface area contributed by atoms with E-state index in [1.807, 2.05) is 24.3 Å². The van der Waals surface area contributed by atoms with Gasteiger partial charge in [-0.05, 0) is 42.0 Å². The molecule has 0 aliphatic carbocycles. The van der Waals surface area contributed by atoms with Crippen LogP contribution in [0.2, 0.25) is 0 Å². The van der Waals surface area contributed by atoms with Crippen LogP contribution in [0, 0.1) is 5.41 Å². The van der Waals surface area contributed by atoms with Gasteiger partial charge in [0.2, 0.25) is 0 Å². The van der Waals surface area contributed by atoms with E-state index in [0.717, 1.165) is 38.8 Å². The normalized spacial score (nSPS) is 11.7. The first-order valence-electron chi connectivity index (χ1n) is 9.29. The zero-order valence-electron chi connectivity index (χ0n) is 15.0. The topological polar surface area (TPSA) is 41.9 Å². The van der Waals surface area contributed by atoms with Gasteiger partial charge >= 0.3 is 0 Å². The Morgan fingerprint density at radius 2 is 1.39 bits per heavy atom.